The molecule has 0 saturated heterocycles. The summed E-state index contributed by atoms with van der Waals surface area (Å²) in [6.45, 7) is 1.77. The molecule has 0 fully saturated rings. The maximum absolute atomic E-state index is 12.1. The van der Waals surface area contributed by atoms with Crippen molar-refractivity contribution < 1.29 is 23.1 Å². The number of nitrogens with zero attached hydrogens (tertiary/aromatic N) is 3. The number of fused-ring (bicyclic) bond motifs is 1. The van der Waals surface area contributed by atoms with E-state index in [-0.39, 0.29) is 35.7 Å². The summed E-state index contributed by atoms with van der Waals surface area (Å²) in [5.41, 5.74) is 0.521. The Balaban J connectivity index is 2.21. The number of aromatic nitrogens is 3. The summed E-state index contributed by atoms with van der Waals surface area (Å²) in [7, 11) is 0. The van der Waals surface area contributed by atoms with Gasteiger partial charge in [0.05, 0.1) is 22.3 Å². The van der Waals surface area contributed by atoms with E-state index in [1.807, 2.05) is 0 Å². The molecule has 0 saturated carbocycles. The molecule has 9 heteroatoms. The fourth-order valence-corrected chi connectivity index (χ4v) is 2.51. The predicted octanol–water partition coefficient (Wildman–Crippen LogP) is 3.82. The van der Waals surface area contributed by atoms with E-state index in [1.54, 1.807) is 0 Å². The van der Waals surface area contributed by atoms with Crippen molar-refractivity contribution in [3.05, 3.63) is 22.5 Å². The fraction of sp³-hybridized carbons (Fsp3) is 0.462. The van der Waals surface area contributed by atoms with Crippen molar-refractivity contribution >= 4 is 28.6 Å². The van der Waals surface area contributed by atoms with E-state index < -0.39 is 18.6 Å². The molecule has 2 aromatic heterocycles. The minimum absolute atomic E-state index is 0.00915. The fourth-order valence-electron chi connectivity index (χ4n) is 2.16. The lowest BCUT2D eigenvalue weighted by Gasteiger charge is -2.08. The van der Waals surface area contributed by atoms with Crippen LogP contribution in [0.1, 0.15) is 35.3 Å². The van der Waals surface area contributed by atoms with Gasteiger partial charge in [0.25, 0.3) is 0 Å². The van der Waals surface area contributed by atoms with Gasteiger partial charge in [-0.1, -0.05) is 11.6 Å². The molecule has 5 nitrogen and oxygen atoms in total. The summed E-state index contributed by atoms with van der Waals surface area (Å²) in [6.07, 6.45) is -3.36. The van der Waals surface area contributed by atoms with Crippen molar-refractivity contribution in [1.29, 1.82) is 0 Å². The van der Waals surface area contributed by atoms with E-state index in [0.29, 0.717) is 11.0 Å². The van der Waals surface area contributed by atoms with Gasteiger partial charge >= 0.3 is 12.1 Å². The van der Waals surface area contributed by atoms with E-state index in [2.05, 4.69) is 10.1 Å². The van der Waals surface area contributed by atoms with Gasteiger partial charge in [0.2, 0.25) is 0 Å². The molecule has 0 aliphatic rings. The quantitative estimate of drug-likeness (QED) is 0.843. The highest BCUT2D eigenvalue weighted by Crippen LogP contribution is 2.28. The van der Waals surface area contributed by atoms with Gasteiger partial charge in [-0.05, 0) is 19.8 Å². The van der Waals surface area contributed by atoms with Gasteiger partial charge in [0.15, 0.2) is 5.65 Å². The van der Waals surface area contributed by atoms with Gasteiger partial charge in [-0.15, -0.1) is 0 Å². The van der Waals surface area contributed by atoms with Crippen LogP contribution in [0.4, 0.5) is 13.2 Å². The van der Waals surface area contributed by atoms with Crippen LogP contribution in [0.25, 0.3) is 11.0 Å². The molecule has 2 heterocycles. The smallest absolute Gasteiger partial charge is 0.389 e. The molecule has 120 valence electrons. The Morgan fingerprint density at radius 1 is 1.41 bits per heavy atom. The van der Waals surface area contributed by atoms with Gasteiger partial charge in [0, 0.05) is 13.0 Å². The van der Waals surface area contributed by atoms with Gasteiger partial charge in [0.1, 0.15) is 5.56 Å². The molecule has 0 amide bonds. The molecule has 2 aromatic rings. The number of carboxylic acid groups (broad SMARTS) is 1. The summed E-state index contributed by atoms with van der Waals surface area (Å²) in [5.74, 6) is -1.19. The number of unbranched alkanes of at least 4 members (excludes halogenated alkanes) is 1. The van der Waals surface area contributed by atoms with E-state index in [1.165, 1.54) is 17.8 Å². The summed E-state index contributed by atoms with van der Waals surface area (Å²) in [6, 6.07) is 0. The zero-order chi connectivity index (χ0) is 16.5. The molecule has 22 heavy (non-hydrogen) atoms. The van der Waals surface area contributed by atoms with Crippen LogP contribution >= 0.6 is 11.6 Å². The highest BCUT2D eigenvalue weighted by molar-refractivity contribution is 6.38. The average molecular weight is 336 g/mol. The first-order valence-electron chi connectivity index (χ1n) is 6.52. The Morgan fingerprint density at radius 3 is 2.68 bits per heavy atom. The standard InChI is InChI=1S/C13H13ClF3N3O2/c1-7-9(12(21)22)10(14)8-6-18-20(11(8)19-7)5-3-2-4-13(15,16)17/h6H,2-5H2,1H3,(H,21,22). The topological polar surface area (TPSA) is 68.0 Å². The molecule has 0 aromatic carbocycles. The molecular formula is C13H13ClF3N3O2. The lowest BCUT2D eigenvalue weighted by atomic mass is 10.1. The molecule has 0 aliphatic carbocycles. The third-order valence-electron chi connectivity index (χ3n) is 3.20. The molecule has 2 rings (SSSR count). The maximum atomic E-state index is 12.1. The summed E-state index contributed by atoms with van der Waals surface area (Å²) in [5, 5.41) is 13.5. The number of hydrogen-bond acceptors (Lipinski definition) is 3. The minimum atomic E-state index is -4.17. The molecule has 0 bridgehead atoms. The van der Waals surface area contributed by atoms with Crippen LogP contribution < -0.4 is 0 Å². The third-order valence-corrected chi connectivity index (χ3v) is 3.59. The van der Waals surface area contributed by atoms with Crippen molar-refractivity contribution in [1.82, 2.24) is 14.8 Å². The van der Waals surface area contributed by atoms with Crippen molar-refractivity contribution in [3.8, 4) is 0 Å². The average Bonchev–Trinajstić information content (AvgIpc) is 2.76. The van der Waals surface area contributed by atoms with E-state index >= 15 is 0 Å². The summed E-state index contributed by atoms with van der Waals surface area (Å²) in [4.78, 5) is 15.3. The molecule has 0 atom stereocenters. The zero-order valence-corrected chi connectivity index (χ0v) is 12.4. The van der Waals surface area contributed by atoms with Crippen LogP contribution in [-0.4, -0.2) is 32.0 Å². The number of alkyl halides is 3. The summed E-state index contributed by atoms with van der Waals surface area (Å²) >= 11 is 6.05. The van der Waals surface area contributed by atoms with Crippen molar-refractivity contribution in [2.24, 2.45) is 0 Å². The van der Waals surface area contributed by atoms with E-state index in [4.69, 9.17) is 16.7 Å². The molecule has 0 unspecified atom stereocenters. The van der Waals surface area contributed by atoms with Crippen molar-refractivity contribution in [2.75, 3.05) is 0 Å². The van der Waals surface area contributed by atoms with Gasteiger partial charge in [-0.3, -0.25) is 0 Å². The lowest BCUT2D eigenvalue weighted by Crippen LogP contribution is -2.09. The molecule has 0 radical (unpaired) electrons. The molecule has 1 N–H and O–H groups in total. The van der Waals surface area contributed by atoms with E-state index in [9.17, 15) is 18.0 Å². The van der Waals surface area contributed by atoms with Gasteiger partial charge in [-0.2, -0.15) is 18.3 Å². The first kappa shape index (κ1) is 16.5. The van der Waals surface area contributed by atoms with Crippen LogP contribution in [-0.2, 0) is 6.54 Å². The first-order valence-corrected chi connectivity index (χ1v) is 6.90. The Bertz CT molecular complexity index is 713. The number of rotatable bonds is 5. The number of aryl methyl sites for hydroxylation is 2. The molecular weight excluding hydrogens is 323 g/mol. The SMILES string of the molecule is Cc1nc2c(cnn2CCCCC(F)(F)F)c(Cl)c1C(=O)O. The highest BCUT2D eigenvalue weighted by atomic mass is 35.5. The van der Waals surface area contributed by atoms with Crippen molar-refractivity contribution in [3.63, 3.8) is 0 Å². The number of halogens is 4. The van der Waals surface area contributed by atoms with Gasteiger partial charge in [-0.25, -0.2) is 14.5 Å². The second-order valence-electron chi connectivity index (χ2n) is 4.87. The van der Waals surface area contributed by atoms with Crippen LogP contribution in [0.2, 0.25) is 5.02 Å². The van der Waals surface area contributed by atoms with Crippen LogP contribution in [0.5, 0.6) is 0 Å². The Hall–Kier alpha value is -1.83. The van der Waals surface area contributed by atoms with Crippen molar-refractivity contribution in [2.45, 2.75) is 38.9 Å². The second-order valence-corrected chi connectivity index (χ2v) is 5.25. The number of carbonyl (C=O) groups is 1. The minimum Gasteiger partial charge on any atom is -0.478 e. The van der Waals surface area contributed by atoms with Crippen LogP contribution in [0.3, 0.4) is 0 Å². The lowest BCUT2D eigenvalue weighted by molar-refractivity contribution is -0.135. The Morgan fingerprint density at radius 2 is 2.09 bits per heavy atom. The Kier molecular flexibility index (Phi) is 4.60. The molecule has 0 spiro atoms. The molecule has 0 aliphatic heterocycles. The van der Waals surface area contributed by atoms with Crippen LogP contribution in [0.15, 0.2) is 6.20 Å². The predicted molar refractivity (Wildman–Crippen MR) is 74.1 cm³/mol. The normalized spacial score (nSPS) is 12.0. The number of aromatic carboxylic acids is 1. The van der Waals surface area contributed by atoms with Gasteiger partial charge < -0.3 is 5.11 Å². The van der Waals surface area contributed by atoms with Crippen LogP contribution in [0, 0.1) is 6.92 Å². The van der Waals surface area contributed by atoms with E-state index in [0.717, 1.165) is 0 Å². The number of pyridine rings is 1. The number of hydrogen-bond donors (Lipinski definition) is 1. The summed E-state index contributed by atoms with van der Waals surface area (Å²) < 4.78 is 37.7. The Labute approximate surface area is 128 Å². The maximum Gasteiger partial charge on any atom is 0.389 e. The zero-order valence-electron chi connectivity index (χ0n) is 11.6. The largest absolute Gasteiger partial charge is 0.478 e. The monoisotopic (exact) mass is 335 g/mol. The highest BCUT2D eigenvalue weighted by Gasteiger charge is 2.26. The second kappa shape index (κ2) is 6.12. The number of carboxylic acids is 1. The first-order chi connectivity index (χ1) is 10.2. The third kappa shape index (κ3) is 3.49.